The first kappa shape index (κ1) is 16.9. The summed E-state index contributed by atoms with van der Waals surface area (Å²) in [4.78, 5) is 36.2. The third-order valence-electron chi connectivity index (χ3n) is 3.57. The van der Waals surface area contributed by atoms with E-state index in [1.54, 1.807) is 12.1 Å². The minimum Gasteiger partial charge on any atom is -0.459 e. The molecule has 0 bridgehead atoms. The Balaban J connectivity index is 1.77. The van der Waals surface area contributed by atoms with Crippen LogP contribution in [0.15, 0.2) is 52.1 Å². The second-order valence-electron chi connectivity index (χ2n) is 5.27. The normalized spacial score (nSPS) is 10.8. The van der Waals surface area contributed by atoms with Gasteiger partial charge in [-0.15, -0.1) is 0 Å². The molecule has 0 radical (unpaired) electrons. The first-order valence-corrected chi connectivity index (χ1v) is 7.65. The highest BCUT2D eigenvalue weighted by atomic mass is 35.5. The molecule has 0 aliphatic rings. The van der Waals surface area contributed by atoms with E-state index in [-0.39, 0.29) is 22.4 Å². The van der Waals surface area contributed by atoms with E-state index in [1.165, 1.54) is 24.3 Å². The molecule has 0 amide bonds. The number of hydrogen-bond donors (Lipinski definition) is 1. The minimum atomic E-state index is -0.742. The second-order valence-corrected chi connectivity index (χ2v) is 5.68. The number of rotatable bonds is 4. The maximum Gasteiger partial charge on any atom is 0.328 e. The van der Waals surface area contributed by atoms with Crippen molar-refractivity contribution >= 4 is 28.3 Å². The summed E-state index contributed by atoms with van der Waals surface area (Å²) in [5.41, 5.74) is -0.563. The number of hydrogen-bond acceptors (Lipinski definition) is 4. The minimum absolute atomic E-state index is 0.129. The molecule has 0 saturated heterocycles. The van der Waals surface area contributed by atoms with Crippen LogP contribution in [0.3, 0.4) is 0 Å². The number of nitrogens with zero attached hydrogens (tertiary/aromatic N) is 1. The van der Waals surface area contributed by atoms with Crippen molar-refractivity contribution in [3.8, 4) is 0 Å². The van der Waals surface area contributed by atoms with E-state index in [0.717, 1.165) is 10.7 Å². The van der Waals surface area contributed by atoms with Gasteiger partial charge in [-0.05, 0) is 24.3 Å². The summed E-state index contributed by atoms with van der Waals surface area (Å²) < 4.78 is 18.9. The third kappa shape index (κ3) is 3.61. The van der Waals surface area contributed by atoms with E-state index in [2.05, 4.69) is 5.10 Å². The Morgan fingerprint density at radius 2 is 1.88 bits per heavy atom. The Kier molecular flexibility index (Phi) is 4.67. The molecule has 0 spiro atoms. The quantitative estimate of drug-likeness (QED) is 0.722. The average Bonchev–Trinajstić information content (AvgIpc) is 2.59. The smallest absolute Gasteiger partial charge is 0.328 e. The van der Waals surface area contributed by atoms with Crippen LogP contribution in [0.2, 0.25) is 5.02 Å². The van der Waals surface area contributed by atoms with Crippen LogP contribution in [0.25, 0.3) is 10.8 Å². The monoisotopic (exact) mass is 362 g/mol. The standard InChI is InChI=1S/C17H12ClFN2O4/c18-14-7-11(19)6-5-10(14)9-25-15(22)8-21-17(24)13-4-2-1-3-12(13)16(23)20-21/h1-7H,8-9H2,(H,20,23). The van der Waals surface area contributed by atoms with Crippen molar-refractivity contribution in [2.45, 2.75) is 13.2 Å². The molecule has 0 fully saturated rings. The third-order valence-corrected chi connectivity index (χ3v) is 3.93. The maximum atomic E-state index is 13.0. The lowest BCUT2D eigenvalue weighted by atomic mass is 10.2. The van der Waals surface area contributed by atoms with Gasteiger partial charge in [-0.25, -0.2) is 9.07 Å². The molecule has 0 aliphatic heterocycles. The fourth-order valence-electron chi connectivity index (χ4n) is 2.33. The first-order valence-electron chi connectivity index (χ1n) is 7.27. The van der Waals surface area contributed by atoms with E-state index < -0.39 is 29.4 Å². The zero-order valence-electron chi connectivity index (χ0n) is 12.8. The molecule has 3 rings (SSSR count). The van der Waals surface area contributed by atoms with Crippen LogP contribution in [0.1, 0.15) is 5.56 Å². The molecule has 25 heavy (non-hydrogen) atoms. The number of nitrogens with one attached hydrogen (secondary N) is 1. The van der Waals surface area contributed by atoms with Gasteiger partial charge in [0.2, 0.25) is 0 Å². The van der Waals surface area contributed by atoms with E-state index in [1.807, 2.05) is 0 Å². The van der Waals surface area contributed by atoms with E-state index >= 15 is 0 Å². The zero-order chi connectivity index (χ0) is 18.0. The predicted molar refractivity (Wildman–Crippen MR) is 90.0 cm³/mol. The number of halogens is 2. The van der Waals surface area contributed by atoms with E-state index in [9.17, 15) is 18.8 Å². The van der Waals surface area contributed by atoms with Gasteiger partial charge < -0.3 is 4.74 Å². The van der Waals surface area contributed by atoms with Gasteiger partial charge in [0.15, 0.2) is 0 Å². The van der Waals surface area contributed by atoms with Gasteiger partial charge in [0.1, 0.15) is 19.0 Å². The molecule has 128 valence electrons. The molecular formula is C17H12ClFN2O4. The van der Waals surface area contributed by atoms with Crippen LogP contribution >= 0.6 is 11.6 Å². The van der Waals surface area contributed by atoms with Gasteiger partial charge in [-0.1, -0.05) is 29.8 Å². The van der Waals surface area contributed by atoms with Gasteiger partial charge in [-0.2, -0.15) is 0 Å². The molecule has 2 aromatic carbocycles. The largest absolute Gasteiger partial charge is 0.459 e. The van der Waals surface area contributed by atoms with Crippen LogP contribution in [0.5, 0.6) is 0 Å². The highest BCUT2D eigenvalue weighted by Gasteiger charge is 2.12. The summed E-state index contributed by atoms with van der Waals surface area (Å²) in [6, 6.07) is 10.00. The van der Waals surface area contributed by atoms with Crippen LogP contribution in [0, 0.1) is 5.82 Å². The van der Waals surface area contributed by atoms with Crippen molar-refractivity contribution in [1.29, 1.82) is 0 Å². The number of aromatic amines is 1. The summed E-state index contributed by atoms with van der Waals surface area (Å²) in [5, 5.41) is 2.92. The van der Waals surface area contributed by atoms with Gasteiger partial charge in [0.25, 0.3) is 11.1 Å². The number of carbonyl (C=O) groups is 1. The van der Waals surface area contributed by atoms with Gasteiger partial charge in [-0.3, -0.25) is 19.5 Å². The van der Waals surface area contributed by atoms with Gasteiger partial charge >= 0.3 is 5.97 Å². The Labute approximate surface area is 145 Å². The summed E-state index contributed by atoms with van der Waals surface area (Å²) >= 11 is 5.85. The molecule has 0 saturated carbocycles. The van der Waals surface area contributed by atoms with E-state index in [0.29, 0.717) is 5.56 Å². The van der Waals surface area contributed by atoms with Crippen molar-refractivity contribution in [3.63, 3.8) is 0 Å². The molecule has 0 unspecified atom stereocenters. The Bertz CT molecular complexity index is 1070. The Hall–Kier alpha value is -2.93. The van der Waals surface area contributed by atoms with E-state index in [4.69, 9.17) is 16.3 Å². The number of aromatic nitrogens is 2. The van der Waals surface area contributed by atoms with Crippen LogP contribution < -0.4 is 11.1 Å². The van der Waals surface area contributed by atoms with Crippen molar-refractivity contribution in [1.82, 2.24) is 9.78 Å². The molecular weight excluding hydrogens is 351 g/mol. The Morgan fingerprint density at radius 1 is 1.16 bits per heavy atom. The van der Waals surface area contributed by atoms with Gasteiger partial charge in [0.05, 0.1) is 15.8 Å². The van der Waals surface area contributed by atoms with Crippen molar-refractivity contribution in [2.75, 3.05) is 0 Å². The molecule has 8 heteroatoms. The average molecular weight is 363 g/mol. The molecule has 1 N–H and O–H groups in total. The number of carbonyl (C=O) groups excluding carboxylic acids is 1. The maximum absolute atomic E-state index is 13.0. The van der Waals surface area contributed by atoms with Crippen LogP contribution in [-0.4, -0.2) is 15.7 Å². The number of benzene rings is 2. The molecule has 6 nitrogen and oxygen atoms in total. The van der Waals surface area contributed by atoms with Crippen molar-refractivity contribution in [2.24, 2.45) is 0 Å². The second kappa shape index (κ2) is 6.90. The predicted octanol–water partition coefficient (Wildman–Crippen LogP) is 2.23. The topological polar surface area (TPSA) is 81.2 Å². The summed E-state index contributed by atoms with van der Waals surface area (Å²) in [6.07, 6.45) is 0. The fourth-order valence-corrected chi connectivity index (χ4v) is 2.55. The van der Waals surface area contributed by atoms with Gasteiger partial charge in [0, 0.05) is 5.56 Å². The zero-order valence-corrected chi connectivity index (χ0v) is 13.5. The number of ether oxygens (including phenoxy) is 1. The lowest BCUT2D eigenvalue weighted by Gasteiger charge is -2.09. The lowest BCUT2D eigenvalue weighted by Crippen LogP contribution is -2.32. The molecule has 0 atom stereocenters. The number of H-pyrrole nitrogens is 1. The first-order chi connectivity index (χ1) is 12.0. The molecule has 1 heterocycles. The van der Waals surface area contributed by atoms with Crippen LogP contribution in [-0.2, 0) is 22.7 Å². The summed E-state index contributed by atoms with van der Waals surface area (Å²) in [6.45, 7) is -0.637. The SMILES string of the molecule is O=C(Cn1[nH]c(=O)c2ccccc2c1=O)OCc1ccc(F)cc1Cl. The highest BCUT2D eigenvalue weighted by molar-refractivity contribution is 6.31. The summed E-state index contributed by atoms with van der Waals surface area (Å²) in [5.74, 6) is -1.24. The molecule has 3 aromatic rings. The fraction of sp³-hybridized carbons (Fsp3) is 0.118. The highest BCUT2D eigenvalue weighted by Crippen LogP contribution is 2.18. The van der Waals surface area contributed by atoms with Crippen molar-refractivity contribution in [3.05, 3.63) is 79.6 Å². The summed E-state index contributed by atoms with van der Waals surface area (Å²) in [7, 11) is 0. The Morgan fingerprint density at radius 3 is 2.60 bits per heavy atom. The molecule has 0 aliphatic carbocycles. The number of esters is 1. The molecule has 1 aromatic heterocycles. The lowest BCUT2D eigenvalue weighted by molar-refractivity contribution is -0.146. The van der Waals surface area contributed by atoms with Crippen LogP contribution in [0.4, 0.5) is 4.39 Å². The number of fused-ring (bicyclic) bond motifs is 1. The van der Waals surface area contributed by atoms with Crippen molar-refractivity contribution < 1.29 is 13.9 Å².